The molecule has 0 radical (unpaired) electrons. The van der Waals surface area contributed by atoms with Gasteiger partial charge in [0.1, 0.15) is 16.6 Å². The van der Waals surface area contributed by atoms with Crippen LogP contribution in [0.25, 0.3) is 0 Å². The molecule has 5 nitrogen and oxygen atoms in total. The Kier molecular flexibility index (Phi) is 3.19. The van der Waals surface area contributed by atoms with Crippen LogP contribution < -0.4 is 10.6 Å². The van der Waals surface area contributed by atoms with Gasteiger partial charge < -0.3 is 15.2 Å². The van der Waals surface area contributed by atoms with E-state index in [9.17, 15) is 0 Å². The molecule has 2 heterocycles. The summed E-state index contributed by atoms with van der Waals surface area (Å²) in [6, 6.07) is 5.26. The summed E-state index contributed by atoms with van der Waals surface area (Å²) >= 11 is 5.84. The number of aryl methyl sites for hydroxylation is 1. The van der Waals surface area contributed by atoms with Crippen molar-refractivity contribution in [3.63, 3.8) is 0 Å². The highest BCUT2D eigenvalue weighted by Gasteiger charge is 2.10. The van der Waals surface area contributed by atoms with Crippen molar-refractivity contribution < 1.29 is 4.52 Å². The second kappa shape index (κ2) is 4.63. The Labute approximate surface area is 104 Å². The van der Waals surface area contributed by atoms with Crippen molar-refractivity contribution in [1.82, 2.24) is 10.1 Å². The topological polar surface area (TPSA) is 68.2 Å². The molecule has 0 bridgehead atoms. The van der Waals surface area contributed by atoms with E-state index in [0.717, 1.165) is 11.5 Å². The van der Waals surface area contributed by atoms with Gasteiger partial charge in [-0.3, -0.25) is 0 Å². The first-order valence-electron chi connectivity index (χ1n) is 5.11. The van der Waals surface area contributed by atoms with Crippen LogP contribution in [-0.2, 0) is 6.54 Å². The molecule has 0 aliphatic rings. The van der Waals surface area contributed by atoms with E-state index >= 15 is 0 Å². The van der Waals surface area contributed by atoms with Crippen LogP contribution in [0.1, 0.15) is 11.5 Å². The summed E-state index contributed by atoms with van der Waals surface area (Å²) in [4.78, 5) is 6.06. The van der Waals surface area contributed by atoms with E-state index in [1.165, 1.54) is 0 Å². The number of nitrogen functional groups attached to an aromatic ring is 1. The summed E-state index contributed by atoms with van der Waals surface area (Å²) in [7, 11) is 1.87. The molecule has 0 atom stereocenters. The lowest BCUT2D eigenvalue weighted by molar-refractivity contribution is 0.390. The van der Waals surface area contributed by atoms with Crippen molar-refractivity contribution in [2.24, 2.45) is 0 Å². The molecule has 0 unspecified atom stereocenters. The third-order valence-electron chi connectivity index (χ3n) is 2.31. The van der Waals surface area contributed by atoms with Crippen LogP contribution in [0.4, 0.5) is 11.5 Å². The molecule has 2 rings (SSSR count). The molecule has 17 heavy (non-hydrogen) atoms. The van der Waals surface area contributed by atoms with E-state index in [1.54, 1.807) is 12.1 Å². The van der Waals surface area contributed by atoms with Gasteiger partial charge in [0.05, 0.1) is 12.2 Å². The molecule has 0 fully saturated rings. The van der Waals surface area contributed by atoms with Crippen LogP contribution in [0, 0.1) is 6.92 Å². The monoisotopic (exact) mass is 252 g/mol. The summed E-state index contributed by atoms with van der Waals surface area (Å²) in [6.45, 7) is 2.41. The number of hydrogen-bond donors (Lipinski definition) is 1. The van der Waals surface area contributed by atoms with E-state index in [2.05, 4.69) is 10.1 Å². The van der Waals surface area contributed by atoms with E-state index in [1.807, 2.05) is 24.9 Å². The van der Waals surface area contributed by atoms with Gasteiger partial charge in [-0.2, -0.15) is 0 Å². The molecule has 2 aromatic rings. The Balaban J connectivity index is 2.19. The zero-order valence-corrected chi connectivity index (χ0v) is 10.4. The molecular formula is C11H13ClN4O. The number of anilines is 2. The van der Waals surface area contributed by atoms with Crippen molar-refractivity contribution in [3.05, 3.63) is 34.8 Å². The van der Waals surface area contributed by atoms with Gasteiger partial charge in [0.25, 0.3) is 0 Å². The van der Waals surface area contributed by atoms with Crippen LogP contribution in [-0.4, -0.2) is 17.2 Å². The molecule has 0 aromatic carbocycles. The average molecular weight is 253 g/mol. The number of aromatic nitrogens is 2. The fourth-order valence-corrected chi connectivity index (χ4v) is 1.70. The van der Waals surface area contributed by atoms with Crippen LogP contribution in [0.3, 0.4) is 0 Å². The van der Waals surface area contributed by atoms with Gasteiger partial charge in [0.15, 0.2) is 5.82 Å². The highest BCUT2D eigenvalue weighted by Crippen LogP contribution is 2.22. The molecule has 0 saturated carbocycles. The Morgan fingerprint density at radius 1 is 1.47 bits per heavy atom. The number of halogens is 1. The molecule has 0 saturated heterocycles. The molecule has 0 aliphatic heterocycles. The van der Waals surface area contributed by atoms with Gasteiger partial charge in [0.2, 0.25) is 0 Å². The minimum Gasteiger partial charge on any atom is -0.396 e. The maximum atomic E-state index is 5.84. The van der Waals surface area contributed by atoms with E-state index in [4.69, 9.17) is 21.9 Å². The maximum absolute atomic E-state index is 5.84. The summed E-state index contributed by atoms with van der Waals surface area (Å²) in [5.41, 5.74) is 7.25. The van der Waals surface area contributed by atoms with Crippen LogP contribution in [0.15, 0.2) is 22.7 Å². The second-order valence-corrected chi connectivity index (χ2v) is 4.22. The summed E-state index contributed by atoms with van der Waals surface area (Å²) in [6.07, 6.45) is 0. The lowest BCUT2D eigenvalue weighted by Gasteiger charge is -2.18. The van der Waals surface area contributed by atoms with Crippen LogP contribution in [0.5, 0.6) is 0 Å². The largest absolute Gasteiger partial charge is 0.396 e. The lowest BCUT2D eigenvalue weighted by Crippen LogP contribution is -2.19. The number of rotatable bonds is 3. The average Bonchev–Trinajstić information content (AvgIpc) is 2.67. The van der Waals surface area contributed by atoms with Crippen molar-refractivity contribution in [2.75, 3.05) is 17.7 Å². The smallest absolute Gasteiger partial charge is 0.153 e. The van der Waals surface area contributed by atoms with Gasteiger partial charge in [-0.1, -0.05) is 16.8 Å². The predicted octanol–water partition coefficient (Wildman–Crippen LogP) is 2.25. The van der Waals surface area contributed by atoms with Crippen LogP contribution >= 0.6 is 11.6 Å². The zero-order valence-electron chi connectivity index (χ0n) is 9.64. The SMILES string of the molecule is Cc1cc(CN(C)c2nc(Cl)ccc2N)no1. The molecule has 0 aliphatic carbocycles. The Morgan fingerprint density at radius 3 is 2.88 bits per heavy atom. The first-order chi connectivity index (χ1) is 8.06. The number of pyridine rings is 1. The van der Waals surface area contributed by atoms with Gasteiger partial charge in [-0.15, -0.1) is 0 Å². The minimum atomic E-state index is 0.414. The minimum absolute atomic E-state index is 0.414. The molecule has 0 spiro atoms. The Bertz CT molecular complexity index is 526. The standard InChI is InChI=1S/C11H13ClN4O/c1-7-5-8(15-17-7)6-16(2)11-9(13)3-4-10(12)14-11/h3-5H,6,13H2,1-2H3. The van der Waals surface area contributed by atoms with Gasteiger partial charge in [-0.05, 0) is 19.1 Å². The van der Waals surface area contributed by atoms with Gasteiger partial charge in [-0.25, -0.2) is 4.98 Å². The summed E-state index contributed by atoms with van der Waals surface area (Å²) < 4.78 is 5.00. The molecule has 2 aromatic heterocycles. The third-order valence-corrected chi connectivity index (χ3v) is 2.52. The highest BCUT2D eigenvalue weighted by atomic mass is 35.5. The lowest BCUT2D eigenvalue weighted by atomic mass is 10.3. The fourth-order valence-electron chi connectivity index (χ4n) is 1.55. The number of hydrogen-bond acceptors (Lipinski definition) is 5. The fraction of sp³-hybridized carbons (Fsp3) is 0.273. The molecule has 0 amide bonds. The summed E-state index contributed by atoms with van der Waals surface area (Å²) in [5, 5.41) is 4.33. The molecule has 90 valence electrons. The highest BCUT2D eigenvalue weighted by molar-refractivity contribution is 6.29. The first kappa shape index (κ1) is 11.7. The van der Waals surface area contributed by atoms with E-state index in [0.29, 0.717) is 23.2 Å². The zero-order chi connectivity index (χ0) is 12.4. The Morgan fingerprint density at radius 2 is 2.24 bits per heavy atom. The quantitative estimate of drug-likeness (QED) is 0.849. The van der Waals surface area contributed by atoms with E-state index in [-0.39, 0.29) is 0 Å². The predicted molar refractivity (Wildman–Crippen MR) is 67.0 cm³/mol. The van der Waals surface area contributed by atoms with E-state index < -0.39 is 0 Å². The number of nitrogens with two attached hydrogens (primary N) is 1. The first-order valence-corrected chi connectivity index (χ1v) is 5.49. The molecule has 6 heteroatoms. The number of nitrogens with zero attached hydrogens (tertiary/aromatic N) is 3. The molecule has 2 N–H and O–H groups in total. The van der Waals surface area contributed by atoms with Crippen LogP contribution in [0.2, 0.25) is 5.15 Å². The van der Waals surface area contributed by atoms with Gasteiger partial charge >= 0.3 is 0 Å². The van der Waals surface area contributed by atoms with Crippen molar-refractivity contribution >= 4 is 23.1 Å². The maximum Gasteiger partial charge on any atom is 0.153 e. The normalized spacial score (nSPS) is 10.5. The van der Waals surface area contributed by atoms with Crippen molar-refractivity contribution in [3.8, 4) is 0 Å². The summed E-state index contributed by atoms with van der Waals surface area (Å²) in [5.74, 6) is 1.42. The van der Waals surface area contributed by atoms with Gasteiger partial charge in [0, 0.05) is 13.1 Å². The third kappa shape index (κ3) is 2.68. The van der Waals surface area contributed by atoms with Crippen molar-refractivity contribution in [2.45, 2.75) is 13.5 Å². The molecular weight excluding hydrogens is 240 g/mol. The Hall–Kier alpha value is -1.75. The van der Waals surface area contributed by atoms with Crippen molar-refractivity contribution in [1.29, 1.82) is 0 Å². The second-order valence-electron chi connectivity index (χ2n) is 3.83.